The molecule has 0 saturated carbocycles. The van der Waals surface area contributed by atoms with Gasteiger partial charge in [0.1, 0.15) is 0 Å². The average molecular weight is 243 g/mol. The molecule has 2 nitrogen and oxygen atoms in total. The van der Waals surface area contributed by atoms with Crippen molar-refractivity contribution in [3.8, 4) is 6.07 Å². The van der Waals surface area contributed by atoms with Crippen LogP contribution in [0.4, 0.5) is 0 Å². The van der Waals surface area contributed by atoms with E-state index in [1.165, 1.54) is 5.39 Å². The van der Waals surface area contributed by atoms with Crippen LogP contribution in [-0.4, -0.2) is 0 Å². The molecule has 0 bridgehead atoms. The molecule has 0 atom stereocenters. The summed E-state index contributed by atoms with van der Waals surface area (Å²) < 4.78 is 0. The summed E-state index contributed by atoms with van der Waals surface area (Å²) >= 11 is 0. The largest absolute Gasteiger partial charge is 1.00 e. The maximum Gasteiger partial charge on any atom is 1.00 e. The Morgan fingerprint density at radius 1 is 0.933 bits per heavy atom. The monoisotopic (exact) mass is 242 g/mol. The summed E-state index contributed by atoms with van der Waals surface area (Å²) in [6.07, 6.45) is 0. The summed E-state index contributed by atoms with van der Waals surface area (Å²) in [5.74, 6) is 0. The van der Waals surface area contributed by atoms with Gasteiger partial charge in [0.15, 0.2) is 0 Å². The Hall–Kier alpha value is -1.80. The fourth-order valence-electron chi connectivity index (χ4n) is 1.26. The molecule has 2 aromatic carbocycles. The fraction of sp³-hybridized carbons (Fsp3) is 0. The molecular formula is C12H7CuN2. The van der Waals surface area contributed by atoms with Gasteiger partial charge in [-0.1, -0.05) is 30.3 Å². The Labute approximate surface area is 99.2 Å². The predicted molar refractivity (Wildman–Crippen MR) is 53.6 cm³/mol. The van der Waals surface area contributed by atoms with Crippen LogP contribution in [0.5, 0.6) is 0 Å². The van der Waals surface area contributed by atoms with Crippen molar-refractivity contribution in [2.45, 2.75) is 0 Å². The van der Waals surface area contributed by atoms with Crippen LogP contribution in [0.2, 0.25) is 0 Å². The van der Waals surface area contributed by atoms with Gasteiger partial charge in [0, 0.05) is 0 Å². The van der Waals surface area contributed by atoms with Gasteiger partial charge in [-0.25, -0.2) is 0 Å². The van der Waals surface area contributed by atoms with E-state index in [1.807, 2.05) is 42.5 Å². The van der Waals surface area contributed by atoms with E-state index in [9.17, 15) is 0 Å². The molecule has 0 aliphatic rings. The summed E-state index contributed by atoms with van der Waals surface area (Å²) in [5.41, 5.74) is 0.716. The molecule has 0 amide bonds. The maximum atomic E-state index is 8.65. The molecule has 0 N–H and O–H groups in total. The van der Waals surface area contributed by atoms with Gasteiger partial charge in [-0.05, 0) is 22.9 Å². The zero-order valence-electron chi connectivity index (χ0n) is 7.74. The average Bonchev–Trinajstić information content (AvgIpc) is 2.31. The zero-order valence-corrected chi connectivity index (χ0v) is 8.68. The van der Waals surface area contributed by atoms with Crippen molar-refractivity contribution in [2.24, 2.45) is 0 Å². The van der Waals surface area contributed by atoms with Crippen LogP contribution in [0.25, 0.3) is 10.8 Å². The SMILES string of the molecule is N#Cc1ccc2ccccc2c1.[C-]#N.[Cu+]. The molecule has 0 heterocycles. The maximum absolute atomic E-state index is 8.65. The van der Waals surface area contributed by atoms with Crippen LogP contribution >= 0.6 is 0 Å². The first-order chi connectivity index (χ1) is 6.90. The van der Waals surface area contributed by atoms with E-state index in [-0.39, 0.29) is 17.1 Å². The second-order valence-electron chi connectivity index (χ2n) is 2.67. The van der Waals surface area contributed by atoms with E-state index >= 15 is 0 Å². The topological polar surface area (TPSA) is 47.6 Å². The van der Waals surface area contributed by atoms with Gasteiger partial charge in [0.25, 0.3) is 0 Å². The van der Waals surface area contributed by atoms with Crippen LogP contribution in [0.3, 0.4) is 0 Å². The molecule has 0 aliphatic carbocycles. The van der Waals surface area contributed by atoms with Crippen LogP contribution in [0.15, 0.2) is 42.5 Å². The number of nitriles is 1. The zero-order chi connectivity index (χ0) is 10.4. The van der Waals surface area contributed by atoms with Gasteiger partial charge in [-0.2, -0.15) is 5.26 Å². The van der Waals surface area contributed by atoms with Gasteiger partial charge in [-0.3, -0.25) is 0 Å². The van der Waals surface area contributed by atoms with Crippen LogP contribution < -0.4 is 0 Å². The van der Waals surface area contributed by atoms with Crippen molar-refractivity contribution in [3.05, 3.63) is 54.6 Å². The molecule has 0 fully saturated rings. The van der Waals surface area contributed by atoms with E-state index in [0.29, 0.717) is 5.56 Å². The third-order valence-electron chi connectivity index (χ3n) is 1.88. The van der Waals surface area contributed by atoms with Crippen molar-refractivity contribution in [1.82, 2.24) is 0 Å². The molecular weight excluding hydrogens is 236 g/mol. The number of hydrogen-bond donors (Lipinski definition) is 0. The number of rotatable bonds is 0. The Morgan fingerprint density at radius 3 is 2.13 bits per heavy atom. The van der Waals surface area contributed by atoms with E-state index in [4.69, 9.17) is 17.1 Å². The van der Waals surface area contributed by atoms with Crippen LogP contribution in [0.1, 0.15) is 5.56 Å². The van der Waals surface area contributed by atoms with Crippen molar-refractivity contribution in [3.63, 3.8) is 0 Å². The van der Waals surface area contributed by atoms with E-state index < -0.39 is 0 Å². The Morgan fingerprint density at radius 2 is 1.53 bits per heavy atom. The van der Waals surface area contributed by atoms with Crippen LogP contribution in [-0.2, 0) is 17.1 Å². The Bertz CT molecular complexity index is 497. The van der Waals surface area contributed by atoms with Crippen LogP contribution in [0, 0.1) is 23.2 Å². The molecule has 3 heteroatoms. The summed E-state index contributed by atoms with van der Waals surface area (Å²) in [6, 6.07) is 15.8. The molecule has 0 spiro atoms. The van der Waals surface area contributed by atoms with Crippen molar-refractivity contribution in [2.75, 3.05) is 0 Å². The van der Waals surface area contributed by atoms with Gasteiger partial charge < -0.3 is 11.8 Å². The molecule has 0 aromatic heterocycles. The number of nitrogens with zero attached hydrogens (tertiary/aromatic N) is 2. The van der Waals surface area contributed by atoms with Gasteiger partial charge in [-0.15, -0.1) is 0 Å². The van der Waals surface area contributed by atoms with E-state index in [0.717, 1.165) is 5.39 Å². The van der Waals surface area contributed by atoms with Gasteiger partial charge >= 0.3 is 17.1 Å². The number of benzene rings is 2. The minimum atomic E-state index is 0. The molecule has 2 aromatic rings. The van der Waals surface area contributed by atoms with Gasteiger partial charge in [0.05, 0.1) is 11.6 Å². The minimum absolute atomic E-state index is 0. The molecule has 15 heavy (non-hydrogen) atoms. The number of hydrogen-bond acceptors (Lipinski definition) is 2. The second-order valence-corrected chi connectivity index (χ2v) is 2.67. The molecule has 0 aliphatic heterocycles. The first kappa shape index (κ1) is 13.2. The van der Waals surface area contributed by atoms with E-state index in [2.05, 4.69) is 6.07 Å². The van der Waals surface area contributed by atoms with E-state index in [1.54, 1.807) is 0 Å². The van der Waals surface area contributed by atoms with Crippen molar-refractivity contribution >= 4 is 10.8 Å². The smallest absolute Gasteiger partial charge is 0.512 e. The van der Waals surface area contributed by atoms with Gasteiger partial charge in [0.2, 0.25) is 0 Å². The van der Waals surface area contributed by atoms with Crippen molar-refractivity contribution in [1.29, 1.82) is 10.5 Å². The standard InChI is InChI=1S/C11H7N.CN.Cu/c12-8-9-5-6-10-3-1-2-4-11(10)7-9;1-2;/h1-7H;;/q;-1;+1. The minimum Gasteiger partial charge on any atom is -0.512 e. The first-order valence-corrected chi connectivity index (χ1v) is 4.01. The summed E-state index contributed by atoms with van der Waals surface area (Å²) in [7, 11) is 0. The third kappa shape index (κ3) is 3.11. The predicted octanol–water partition coefficient (Wildman–Crippen LogP) is 2.81. The molecule has 0 saturated heterocycles. The molecule has 2 rings (SSSR count). The van der Waals surface area contributed by atoms with Crippen molar-refractivity contribution < 1.29 is 17.1 Å². The molecule has 0 unspecified atom stereocenters. The summed E-state index contributed by atoms with van der Waals surface area (Å²) in [6.45, 7) is 4.75. The Balaban J connectivity index is 0.000000617. The molecule has 76 valence electrons. The first-order valence-electron chi connectivity index (χ1n) is 4.01. The quantitative estimate of drug-likeness (QED) is 0.527. The fourth-order valence-corrected chi connectivity index (χ4v) is 1.26. The third-order valence-corrected chi connectivity index (χ3v) is 1.88. The normalized spacial score (nSPS) is 7.80. The molecule has 0 radical (unpaired) electrons. The Kier molecular flexibility index (Phi) is 5.83. The summed E-state index contributed by atoms with van der Waals surface area (Å²) in [4.78, 5) is 0. The summed E-state index contributed by atoms with van der Waals surface area (Å²) in [5, 5.41) is 17.2. The number of fused-ring (bicyclic) bond motifs is 1. The second kappa shape index (κ2) is 6.62.